The Morgan fingerprint density at radius 2 is 2.04 bits per heavy atom. The van der Waals surface area contributed by atoms with Crippen LogP contribution in [0.5, 0.6) is 0 Å². The molecule has 3 aliphatic heterocycles. The van der Waals surface area contributed by atoms with Crippen molar-refractivity contribution in [3.8, 4) is 0 Å². The van der Waals surface area contributed by atoms with E-state index in [0.717, 1.165) is 37.5 Å². The second-order valence-electron chi connectivity index (χ2n) is 7.41. The van der Waals surface area contributed by atoms with Gasteiger partial charge >= 0.3 is 0 Å². The number of hydrazine groups is 1. The van der Waals surface area contributed by atoms with Gasteiger partial charge in [-0.25, -0.2) is 5.43 Å². The predicted octanol–water partition coefficient (Wildman–Crippen LogP) is 0.656. The van der Waals surface area contributed by atoms with Gasteiger partial charge in [-0.05, 0) is 44.1 Å². The summed E-state index contributed by atoms with van der Waals surface area (Å²) in [6, 6.07) is 8.48. The fourth-order valence-electron chi connectivity index (χ4n) is 4.49. The van der Waals surface area contributed by atoms with Crippen LogP contribution in [0.25, 0.3) is 0 Å². The molecular formula is C18H26ClN5O. The zero-order valence-corrected chi connectivity index (χ0v) is 15.2. The number of carbonyl (C=O) groups excluding carboxylic acids is 1. The maximum atomic E-state index is 12.9. The van der Waals surface area contributed by atoms with Crippen molar-refractivity contribution in [1.82, 2.24) is 26.4 Å². The second-order valence-corrected chi connectivity index (χ2v) is 7.85. The summed E-state index contributed by atoms with van der Waals surface area (Å²) in [4.78, 5) is 15.2. The molecule has 0 aromatic heterocycles. The SMILES string of the molecule is CN1CCC(NC(=O)C2NNC3CCNCC32)C1c1ccc(Cl)cc1. The third-order valence-electron chi connectivity index (χ3n) is 5.85. The Hall–Kier alpha value is -1.18. The van der Waals surface area contributed by atoms with Crippen molar-refractivity contribution >= 4 is 17.5 Å². The van der Waals surface area contributed by atoms with Gasteiger partial charge in [0.1, 0.15) is 6.04 Å². The van der Waals surface area contributed by atoms with Crippen LogP contribution in [-0.4, -0.2) is 55.6 Å². The normalized spacial score (nSPS) is 35.5. The van der Waals surface area contributed by atoms with Crippen molar-refractivity contribution in [3.63, 3.8) is 0 Å². The Bertz CT molecular complexity index is 624. The van der Waals surface area contributed by atoms with Gasteiger partial charge in [0.2, 0.25) is 5.91 Å². The van der Waals surface area contributed by atoms with E-state index in [0.29, 0.717) is 12.0 Å². The van der Waals surface area contributed by atoms with E-state index in [1.165, 1.54) is 5.56 Å². The number of carbonyl (C=O) groups is 1. The summed E-state index contributed by atoms with van der Waals surface area (Å²) >= 11 is 6.02. The number of halogens is 1. The smallest absolute Gasteiger partial charge is 0.239 e. The van der Waals surface area contributed by atoms with Crippen LogP contribution >= 0.6 is 11.6 Å². The highest BCUT2D eigenvalue weighted by molar-refractivity contribution is 6.30. The number of piperidine rings is 1. The molecule has 3 fully saturated rings. The first-order valence-corrected chi connectivity index (χ1v) is 9.49. The van der Waals surface area contributed by atoms with E-state index in [1.54, 1.807) is 0 Å². The molecule has 1 aromatic carbocycles. The molecule has 4 rings (SSSR count). The lowest BCUT2D eigenvalue weighted by Crippen LogP contribution is -2.52. The first-order valence-electron chi connectivity index (χ1n) is 9.11. The third-order valence-corrected chi connectivity index (χ3v) is 6.10. The molecule has 6 nitrogen and oxygen atoms in total. The van der Waals surface area contributed by atoms with E-state index in [2.05, 4.69) is 45.6 Å². The lowest BCUT2D eigenvalue weighted by Gasteiger charge is -2.30. The van der Waals surface area contributed by atoms with Crippen LogP contribution in [0.2, 0.25) is 5.02 Å². The van der Waals surface area contributed by atoms with Gasteiger partial charge in [0.25, 0.3) is 0 Å². The zero-order valence-electron chi connectivity index (χ0n) is 14.5. The standard InChI is InChI=1S/C18H26ClN5O/c1-24-9-7-15(17(24)11-2-4-12(19)5-3-11)21-18(25)16-13-10-20-8-6-14(13)22-23-16/h2-5,13-17,20,22-23H,6-10H2,1H3,(H,21,25). The van der Waals surface area contributed by atoms with Gasteiger partial charge < -0.3 is 10.6 Å². The van der Waals surface area contributed by atoms with Crippen LogP contribution in [0.4, 0.5) is 0 Å². The van der Waals surface area contributed by atoms with Crippen molar-refractivity contribution in [2.45, 2.75) is 37.0 Å². The van der Waals surface area contributed by atoms with Gasteiger partial charge in [-0.3, -0.25) is 15.1 Å². The van der Waals surface area contributed by atoms with Gasteiger partial charge in [0.05, 0.1) is 6.04 Å². The highest BCUT2D eigenvalue weighted by Gasteiger charge is 2.43. The number of rotatable bonds is 3. The number of hydrogen-bond donors (Lipinski definition) is 4. The molecule has 3 saturated heterocycles. The monoisotopic (exact) mass is 363 g/mol. The Labute approximate surface area is 153 Å². The molecule has 3 aliphatic rings. The number of fused-ring (bicyclic) bond motifs is 1. The molecule has 25 heavy (non-hydrogen) atoms. The van der Waals surface area contributed by atoms with E-state index in [9.17, 15) is 4.79 Å². The number of hydrogen-bond acceptors (Lipinski definition) is 5. The summed E-state index contributed by atoms with van der Waals surface area (Å²) in [5.41, 5.74) is 7.71. The average Bonchev–Trinajstić information content (AvgIpc) is 3.20. The molecule has 136 valence electrons. The third kappa shape index (κ3) is 3.41. The van der Waals surface area contributed by atoms with Crippen molar-refractivity contribution in [2.24, 2.45) is 5.92 Å². The summed E-state index contributed by atoms with van der Waals surface area (Å²) in [5, 5.41) is 7.44. The molecule has 5 unspecified atom stereocenters. The topological polar surface area (TPSA) is 68.4 Å². The summed E-state index contributed by atoms with van der Waals surface area (Å²) in [7, 11) is 2.11. The minimum Gasteiger partial charge on any atom is -0.350 e. The van der Waals surface area contributed by atoms with Crippen molar-refractivity contribution in [3.05, 3.63) is 34.9 Å². The lowest BCUT2D eigenvalue weighted by atomic mass is 9.88. The number of nitrogens with zero attached hydrogens (tertiary/aromatic N) is 1. The second kappa shape index (κ2) is 7.21. The van der Waals surface area contributed by atoms with E-state index in [-0.39, 0.29) is 24.0 Å². The number of likely N-dealkylation sites (tertiary alicyclic amines) is 1. The first-order chi connectivity index (χ1) is 12.1. The Morgan fingerprint density at radius 3 is 2.84 bits per heavy atom. The molecule has 0 saturated carbocycles. The lowest BCUT2D eigenvalue weighted by molar-refractivity contribution is -0.124. The Morgan fingerprint density at radius 1 is 1.24 bits per heavy atom. The Balaban J connectivity index is 1.45. The molecule has 5 atom stereocenters. The zero-order chi connectivity index (χ0) is 17.4. The molecule has 0 bridgehead atoms. The molecule has 4 N–H and O–H groups in total. The summed E-state index contributed by atoms with van der Waals surface area (Å²) in [6.07, 6.45) is 2.02. The summed E-state index contributed by atoms with van der Waals surface area (Å²) < 4.78 is 0. The molecule has 7 heteroatoms. The number of benzene rings is 1. The van der Waals surface area contributed by atoms with Crippen molar-refractivity contribution < 1.29 is 4.79 Å². The van der Waals surface area contributed by atoms with E-state index < -0.39 is 0 Å². The van der Waals surface area contributed by atoms with Gasteiger partial charge in [-0.1, -0.05) is 23.7 Å². The molecule has 0 aliphatic carbocycles. The van der Waals surface area contributed by atoms with Crippen molar-refractivity contribution in [2.75, 3.05) is 26.7 Å². The highest BCUT2D eigenvalue weighted by atomic mass is 35.5. The summed E-state index contributed by atoms with van der Waals surface area (Å²) in [6.45, 7) is 2.87. The maximum Gasteiger partial charge on any atom is 0.239 e. The van der Waals surface area contributed by atoms with E-state index in [4.69, 9.17) is 11.6 Å². The van der Waals surface area contributed by atoms with Gasteiger partial charge in [-0.15, -0.1) is 0 Å². The largest absolute Gasteiger partial charge is 0.350 e. The summed E-state index contributed by atoms with van der Waals surface area (Å²) in [5.74, 6) is 0.407. The number of amides is 1. The van der Waals surface area contributed by atoms with Crippen molar-refractivity contribution in [1.29, 1.82) is 0 Å². The van der Waals surface area contributed by atoms with E-state index in [1.807, 2.05) is 12.1 Å². The maximum absolute atomic E-state index is 12.9. The fourth-order valence-corrected chi connectivity index (χ4v) is 4.62. The number of likely N-dealkylation sites (N-methyl/N-ethyl adjacent to an activating group) is 1. The van der Waals surface area contributed by atoms with Crippen LogP contribution in [0.15, 0.2) is 24.3 Å². The minimum atomic E-state index is -0.172. The van der Waals surface area contributed by atoms with Gasteiger partial charge in [0, 0.05) is 36.1 Å². The molecular weight excluding hydrogens is 338 g/mol. The molecule has 1 amide bonds. The van der Waals surface area contributed by atoms with Crippen LogP contribution < -0.4 is 21.5 Å². The Kier molecular flexibility index (Phi) is 4.97. The van der Waals surface area contributed by atoms with Crippen LogP contribution in [0.3, 0.4) is 0 Å². The van der Waals surface area contributed by atoms with Crippen LogP contribution in [0, 0.1) is 5.92 Å². The fraction of sp³-hybridized carbons (Fsp3) is 0.611. The molecule has 0 spiro atoms. The minimum absolute atomic E-state index is 0.1000. The highest BCUT2D eigenvalue weighted by Crippen LogP contribution is 2.32. The predicted molar refractivity (Wildman–Crippen MR) is 98.2 cm³/mol. The number of nitrogens with one attached hydrogen (secondary N) is 4. The molecule has 3 heterocycles. The first kappa shape index (κ1) is 17.2. The van der Waals surface area contributed by atoms with Gasteiger partial charge in [0.15, 0.2) is 0 Å². The van der Waals surface area contributed by atoms with E-state index >= 15 is 0 Å². The van der Waals surface area contributed by atoms with Gasteiger partial charge in [-0.2, -0.15) is 0 Å². The van der Waals surface area contributed by atoms with Crippen LogP contribution in [0.1, 0.15) is 24.4 Å². The molecule has 1 aromatic rings. The average molecular weight is 364 g/mol. The van der Waals surface area contributed by atoms with Crippen LogP contribution in [-0.2, 0) is 4.79 Å². The quantitative estimate of drug-likeness (QED) is 0.635. The molecule has 0 radical (unpaired) electrons.